The molecular weight excluding hydrogens is 695 g/mol. The van der Waals surface area contributed by atoms with Gasteiger partial charge in [-0.15, -0.1) is 0 Å². The molecule has 23 heteroatoms. The van der Waals surface area contributed by atoms with Crippen LogP contribution in [0.15, 0.2) is 59.5 Å². The van der Waals surface area contributed by atoms with Gasteiger partial charge in [0.05, 0.1) is 26.4 Å². The van der Waals surface area contributed by atoms with E-state index in [-0.39, 0.29) is 5.82 Å². The summed E-state index contributed by atoms with van der Waals surface area (Å²) in [6, 6.07) is 13.3. The maximum Gasteiger partial charge on any atom is 0.490 e. The number of anilines is 1. The first-order valence-corrected chi connectivity index (χ1v) is 18.0. The molecule has 2 fully saturated rings. The zero-order valence-electron chi connectivity index (χ0n) is 24.0. The zero-order chi connectivity index (χ0) is 34.3. The van der Waals surface area contributed by atoms with Gasteiger partial charge in [0, 0.05) is 19.3 Å². The van der Waals surface area contributed by atoms with Crippen molar-refractivity contribution in [3.63, 3.8) is 0 Å². The number of aliphatic hydroxyl groups is 4. The second-order valence-corrected chi connectivity index (χ2v) is 15.0. The number of morpholine rings is 1. The molecule has 5 unspecified atom stereocenters. The first-order chi connectivity index (χ1) is 21.9. The Morgan fingerprint density at radius 3 is 2.15 bits per heavy atom. The number of aromatic nitrogens is 2. The molecule has 0 amide bonds. The van der Waals surface area contributed by atoms with E-state index in [0.29, 0.717) is 36.4 Å². The van der Waals surface area contributed by atoms with Gasteiger partial charge in [0.2, 0.25) is 0 Å². The largest absolute Gasteiger partial charge is 0.490 e. The number of hydrogen-bond donors (Lipinski definition) is 7. The van der Waals surface area contributed by atoms with E-state index in [1.807, 2.05) is 6.07 Å². The number of phosphoric acid groups is 3. The highest BCUT2D eigenvalue weighted by Gasteiger charge is 2.67. The molecule has 7 N–H and O–H groups in total. The summed E-state index contributed by atoms with van der Waals surface area (Å²) in [5.74, 6) is -7.11. The maximum atomic E-state index is 12.7. The third-order valence-corrected chi connectivity index (χ3v) is 11.3. The van der Waals surface area contributed by atoms with Crippen LogP contribution in [0.25, 0.3) is 10.8 Å². The third kappa shape index (κ3) is 8.24. The van der Waals surface area contributed by atoms with Gasteiger partial charge in [0.15, 0.2) is 6.23 Å². The van der Waals surface area contributed by atoms with E-state index in [1.54, 1.807) is 41.3 Å². The van der Waals surface area contributed by atoms with Gasteiger partial charge >= 0.3 is 29.2 Å². The lowest BCUT2D eigenvalue weighted by molar-refractivity contribution is -0.355. The normalized spacial score (nSPS) is 24.8. The summed E-state index contributed by atoms with van der Waals surface area (Å²) in [5.41, 5.74) is -0.734. The molecule has 3 aromatic rings. The van der Waals surface area contributed by atoms with E-state index in [9.17, 15) is 53.6 Å². The van der Waals surface area contributed by atoms with Gasteiger partial charge in [0.1, 0.15) is 11.9 Å². The molecule has 47 heavy (non-hydrogen) atoms. The average Bonchev–Trinajstić information content (AvgIpc) is 3.17. The standard InChI is InChI=1S/C24H30N3O17P3/c28-22-25-20(26-9-11-39-12-10-26)7-8-27(22)21-24(31,32)23(29,30)19(42-21)15-41-46(35,36)44-47(37,38)43-45(33,34)40-14-16-5-6-17-3-1-2-4-18(17)13-16/h1-8,13,19,21,29-32H,9-12,14-15H2,(H,33,34)(H,35,36)(H,37,38). The van der Waals surface area contributed by atoms with Crippen molar-refractivity contribution in [1.29, 1.82) is 0 Å². The van der Waals surface area contributed by atoms with Gasteiger partial charge in [-0.1, -0.05) is 36.4 Å². The summed E-state index contributed by atoms with van der Waals surface area (Å²) >= 11 is 0. The van der Waals surface area contributed by atoms with Crippen LogP contribution in [-0.2, 0) is 47.4 Å². The predicted octanol–water partition coefficient (Wildman–Crippen LogP) is 0.0601. The van der Waals surface area contributed by atoms with Crippen molar-refractivity contribution in [3.8, 4) is 0 Å². The van der Waals surface area contributed by atoms with Gasteiger partial charge in [-0.2, -0.15) is 13.6 Å². The highest BCUT2D eigenvalue weighted by Crippen LogP contribution is 2.68. The summed E-state index contributed by atoms with van der Waals surface area (Å²) in [4.78, 5) is 48.0. The Kier molecular flexibility index (Phi) is 10.3. The Morgan fingerprint density at radius 1 is 0.851 bits per heavy atom. The van der Waals surface area contributed by atoms with Crippen molar-refractivity contribution in [2.45, 2.75) is 30.5 Å². The number of phosphoric ester groups is 2. The number of benzene rings is 2. The molecule has 0 bridgehead atoms. The van der Waals surface area contributed by atoms with Crippen LogP contribution in [0.3, 0.4) is 0 Å². The minimum absolute atomic E-state index is 0.216. The molecule has 0 aliphatic carbocycles. The van der Waals surface area contributed by atoms with Crippen LogP contribution in [0.4, 0.5) is 5.82 Å². The molecule has 3 heterocycles. The summed E-state index contributed by atoms with van der Waals surface area (Å²) < 4.78 is 65.1. The highest BCUT2D eigenvalue weighted by atomic mass is 31.3. The lowest BCUT2D eigenvalue weighted by atomic mass is 10.0. The quantitative estimate of drug-likeness (QED) is 0.0959. The molecule has 0 spiro atoms. The van der Waals surface area contributed by atoms with Crippen molar-refractivity contribution in [1.82, 2.24) is 9.55 Å². The van der Waals surface area contributed by atoms with E-state index in [1.165, 1.54) is 6.07 Å². The van der Waals surface area contributed by atoms with Gasteiger partial charge in [-0.05, 0) is 28.5 Å². The van der Waals surface area contributed by atoms with E-state index in [4.69, 9.17) is 14.0 Å². The molecular formula is C24H30N3O17P3. The first kappa shape index (κ1) is 35.8. The fourth-order valence-corrected chi connectivity index (χ4v) is 8.19. The van der Waals surface area contributed by atoms with Crippen LogP contribution in [0, 0.1) is 0 Å². The van der Waals surface area contributed by atoms with E-state index >= 15 is 0 Å². The van der Waals surface area contributed by atoms with Crippen LogP contribution < -0.4 is 10.6 Å². The van der Waals surface area contributed by atoms with Gasteiger partial charge in [-0.3, -0.25) is 13.6 Å². The molecule has 5 atom stereocenters. The Morgan fingerprint density at radius 2 is 1.49 bits per heavy atom. The summed E-state index contributed by atoms with van der Waals surface area (Å²) in [5, 5.41) is 43.5. The second-order valence-electron chi connectivity index (χ2n) is 10.3. The number of nitrogens with zero attached hydrogens (tertiary/aromatic N) is 3. The molecule has 2 aliphatic rings. The molecule has 258 valence electrons. The smallest absolute Gasteiger partial charge is 0.378 e. The zero-order valence-corrected chi connectivity index (χ0v) is 26.7. The van der Waals surface area contributed by atoms with Crippen LogP contribution in [-0.4, -0.2) is 95.2 Å². The van der Waals surface area contributed by atoms with Gasteiger partial charge < -0.3 is 49.5 Å². The number of ether oxygens (including phenoxy) is 2. The average molecular weight is 725 g/mol. The SMILES string of the molecule is O=c1nc(N2CCOCC2)ccn1C1OC(COP(=O)(O)OP(=O)(O)OP(=O)(O)OCc2ccc3ccccc3c2)C(O)(O)C1(O)O. The highest BCUT2D eigenvalue weighted by molar-refractivity contribution is 7.66. The minimum Gasteiger partial charge on any atom is -0.378 e. The fourth-order valence-electron chi connectivity index (χ4n) is 4.70. The molecule has 2 aromatic carbocycles. The topological polar surface area (TPSA) is 286 Å². The van der Waals surface area contributed by atoms with Crippen LogP contribution in [0.2, 0.25) is 0 Å². The van der Waals surface area contributed by atoms with Crippen LogP contribution in [0.5, 0.6) is 0 Å². The summed E-state index contributed by atoms with van der Waals surface area (Å²) in [6.45, 7) is -0.439. The van der Waals surface area contributed by atoms with Crippen molar-refractivity contribution in [3.05, 3.63) is 70.8 Å². The van der Waals surface area contributed by atoms with Gasteiger partial charge in [0.25, 0.3) is 11.6 Å². The number of rotatable bonds is 12. The third-order valence-electron chi connectivity index (χ3n) is 7.04. The van der Waals surface area contributed by atoms with E-state index in [2.05, 4.69) is 18.1 Å². The fraction of sp³-hybridized carbons (Fsp3) is 0.417. The second kappa shape index (κ2) is 13.5. The maximum absolute atomic E-state index is 12.7. The van der Waals surface area contributed by atoms with Crippen molar-refractivity contribution < 1.29 is 75.9 Å². The monoisotopic (exact) mass is 725 g/mol. The lowest BCUT2D eigenvalue weighted by Crippen LogP contribution is -2.59. The molecule has 2 aliphatic heterocycles. The number of fused-ring (bicyclic) bond motifs is 1. The minimum atomic E-state index is -5.90. The van der Waals surface area contributed by atoms with Gasteiger partial charge in [-0.25, -0.2) is 18.5 Å². The van der Waals surface area contributed by atoms with Crippen LogP contribution >= 0.6 is 23.5 Å². The summed E-state index contributed by atoms with van der Waals surface area (Å²) in [6.07, 6.45) is -3.54. The van der Waals surface area contributed by atoms with Crippen molar-refractivity contribution >= 4 is 40.1 Å². The molecule has 2 saturated heterocycles. The molecule has 1 aromatic heterocycles. The lowest BCUT2D eigenvalue weighted by Gasteiger charge is -2.32. The summed E-state index contributed by atoms with van der Waals surface area (Å²) in [7, 11) is -17.1. The van der Waals surface area contributed by atoms with Crippen molar-refractivity contribution in [2.75, 3.05) is 37.8 Å². The van der Waals surface area contributed by atoms with E-state index < -0.39 is 66.3 Å². The van der Waals surface area contributed by atoms with Crippen molar-refractivity contribution in [2.24, 2.45) is 0 Å². The van der Waals surface area contributed by atoms with Crippen LogP contribution in [0.1, 0.15) is 11.8 Å². The Hall–Kier alpha value is -2.45. The molecule has 5 rings (SSSR count). The predicted molar refractivity (Wildman–Crippen MR) is 156 cm³/mol. The Balaban J connectivity index is 1.20. The molecule has 0 radical (unpaired) electrons. The Bertz CT molecular complexity index is 1810. The first-order valence-electron chi connectivity index (χ1n) is 13.5. The number of hydrogen-bond acceptors (Lipinski definition) is 16. The van der Waals surface area contributed by atoms with E-state index in [0.717, 1.165) is 17.0 Å². The Labute approximate surface area is 264 Å². The molecule has 20 nitrogen and oxygen atoms in total. The molecule has 0 saturated carbocycles.